The van der Waals surface area contributed by atoms with Gasteiger partial charge < -0.3 is 10.1 Å². The van der Waals surface area contributed by atoms with E-state index >= 15 is 0 Å². The van der Waals surface area contributed by atoms with Gasteiger partial charge in [0.2, 0.25) is 10.0 Å². The lowest BCUT2D eigenvalue weighted by molar-refractivity contribution is -0.142. The number of sulfonamides is 1. The van der Waals surface area contributed by atoms with E-state index in [9.17, 15) is 18.0 Å². The molecule has 238 valence electrons. The van der Waals surface area contributed by atoms with Gasteiger partial charge in [0.25, 0.3) is 5.91 Å². The summed E-state index contributed by atoms with van der Waals surface area (Å²) >= 11 is 1.60. The Labute approximate surface area is 263 Å². The molecule has 2 aromatic carbocycles. The molecule has 1 aliphatic carbocycles. The molecule has 0 aromatic heterocycles. The predicted molar refractivity (Wildman–Crippen MR) is 178 cm³/mol. The van der Waals surface area contributed by atoms with Gasteiger partial charge in [0.15, 0.2) is 0 Å². The Hall–Kier alpha value is -2.36. The number of aryl methyl sites for hydroxylation is 1. The van der Waals surface area contributed by atoms with Crippen molar-refractivity contribution in [3.8, 4) is 11.1 Å². The van der Waals surface area contributed by atoms with E-state index in [1.165, 1.54) is 39.2 Å². The van der Waals surface area contributed by atoms with Gasteiger partial charge in [-0.2, -0.15) is 16.1 Å². The molecule has 1 atom stereocenters. The monoisotopic (exact) mass is 630 g/mol. The number of nitrogens with one attached hydrogen (secondary N) is 1. The van der Waals surface area contributed by atoms with E-state index < -0.39 is 22.0 Å². The SMILES string of the molecule is CCCCS(=O)(=O)N(CCCC1CCCCC1)Cc1ccc(C(=O)NC(CCSC)C(=O)OC)c(-c2ccccc2C)c1. The van der Waals surface area contributed by atoms with Crippen LogP contribution in [0.4, 0.5) is 0 Å². The summed E-state index contributed by atoms with van der Waals surface area (Å²) in [4.78, 5) is 26.0. The van der Waals surface area contributed by atoms with Crippen molar-refractivity contribution in [1.29, 1.82) is 0 Å². The quantitative estimate of drug-likeness (QED) is 0.190. The highest BCUT2D eigenvalue weighted by Gasteiger charge is 2.26. The van der Waals surface area contributed by atoms with Crippen LogP contribution in [0.3, 0.4) is 0 Å². The number of esters is 1. The first-order valence-electron chi connectivity index (χ1n) is 15.7. The average Bonchev–Trinajstić information content (AvgIpc) is 3.01. The molecule has 2 aromatic rings. The minimum atomic E-state index is -3.43. The Morgan fingerprint density at radius 3 is 2.49 bits per heavy atom. The van der Waals surface area contributed by atoms with Crippen molar-refractivity contribution < 1.29 is 22.7 Å². The third-order valence-electron chi connectivity index (χ3n) is 8.42. The molecule has 0 saturated heterocycles. The number of carbonyl (C=O) groups excluding carboxylic acids is 2. The number of carbonyl (C=O) groups is 2. The van der Waals surface area contributed by atoms with Crippen molar-refractivity contribution in [2.45, 2.75) is 90.6 Å². The van der Waals surface area contributed by atoms with Crippen LogP contribution in [0.1, 0.15) is 92.6 Å². The fourth-order valence-corrected chi connectivity index (χ4v) is 7.99. The van der Waals surface area contributed by atoms with E-state index in [0.717, 1.165) is 41.5 Å². The van der Waals surface area contributed by atoms with Gasteiger partial charge in [-0.25, -0.2) is 13.2 Å². The van der Waals surface area contributed by atoms with E-state index in [1.807, 2.05) is 56.5 Å². The second kappa shape index (κ2) is 17.8. The largest absolute Gasteiger partial charge is 0.467 e. The second-order valence-corrected chi connectivity index (χ2v) is 14.7. The van der Waals surface area contributed by atoms with E-state index in [-0.39, 0.29) is 18.2 Å². The molecule has 0 radical (unpaired) electrons. The first kappa shape index (κ1) is 35.1. The summed E-state index contributed by atoms with van der Waals surface area (Å²) < 4.78 is 33.6. The molecule has 1 amide bonds. The minimum absolute atomic E-state index is 0.142. The number of hydrogen-bond acceptors (Lipinski definition) is 6. The van der Waals surface area contributed by atoms with Crippen LogP contribution in [0.25, 0.3) is 11.1 Å². The standard InChI is InChI=1S/C34H50N2O5S2/c1-5-6-23-43(39,40)36(21-12-16-27-14-8-7-9-15-27)25-28-18-19-30(31(24-28)29-17-11-10-13-26(29)2)33(37)35-32(20-22-42-4)34(38)41-3/h10-11,13,17-19,24,27,32H,5-9,12,14-16,20-23,25H2,1-4H3,(H,35,37). The van der Waals surface area contributed by atoms with E-state index in [0.29, 0.717) is 36.6 Å². The molecular weight excluding hydrogens is 581 g/mol. The van der Waals surface area contributed by atoms with Crippen LogP contribution >= 0.6 is 11.8 Å². The number of ether oxygens (including phenoxy) is 1. The molecule has 0 aliphatic heterocycles. The summed E-state index contributed by atoms with van der Waals surface area (Å²) in [6.07, 6.45) is 12.2. The third kappa shape index (κ3) is 10.6. The highest BCUT2D eigenvalue weighted by atomic mass is 32.2. The average molecular weight is 631 g/mol. The summed E-state index contributed by atoms with van der Waals surface area (Å²) in [6, 6.07) is 12.6. The lowest BCUT2D eigenvalue weighted by atomic mass is 9.86. The number of nitrogens with zero attached hydrogens (tertiary/aromatic N) is 1. The minimum Gasteiger partial charge on any atom is -0.467 e. The molecule has 0 spiro atoms. The summed E-state index contributed by atoms with van der Waals surface area (Å²) in [5.41, 5.74) is 3.88. The first-order chi connectivity index (χ1) is 20.7. The van der Waals surface area contributed by atoms with Gasteiger partial charge in [-0.3, -0.25) is 4.79 Å². The van der Waals surface area contributed by atoms with Crippen LogP contribution in [0, 0.1) is 12.8 Å². The van der Waals surface area contributed by atoms with Gasteiger partial charge in [0.05, 0.1) is 12.9 Å². The third-order valence-corrected chi connectivity index (χ3v) is 11.0. The van der Waals surface area contributed by atoms with Crippen LogP contribution in [0.5, 0.6) is 0 Å². The lowest BCUT2D eigenvalue weighted by Gasteiger charge is -2.26. The van der Waals surface area contributed by atoms with Gasteiger partial charge in [0, 0.05) is 18.7 Å². The lowest BCUT2D eigenvalue weighted by Crippen LogP contribution is -2.42. The molecule has 0 heterocycles. The number of methoxy groups -OCH3 is 1. The number of thioether (sulfide) groups is 1. The Balaban J connectivity index is 1.92. The Morgan fingerprint density at radius 2 is 1.81 bits per heavy atom. The summed E-state index contributed by atoms with van der Waals surface area (Å²) in [5, 5.41) is 2.88. The summed E-state index contributed by atoms with van der Waals surface area (Å²) in [6.45, 7) is 4.76. The van der Waals surface area contributed by atoms with Crippen LogP contribution < -0.4 is 5.32 Å². The molecule has 7 nitrogen and oxygen atoms in total. The van der Waals surface area contributed by atoms with Crippen molar-refractivity contribution in [2.24, 2.45) is 5.92 Å². The molecule has 9 heteroatoms. The van der Waals surface area contributed by atoms with Crippen molar-refractivity contribution in [1.82, 2.24) is 9.62 Å². The number of rotatable bonds is 17. The van der Waals surface area contributed by atoms with Crippen LogP contribution in [-0.4, -0.2) is 62.1 Å². The first-order valence-corrected chi connectivity index (χ1v) is 18.7. The van der Waals surface area contributed by atoms with Crippen LogP contribution in [0.2, 0.25) is 0 Å². The molecule has 1 saturated carbocycles. The van der Waals surface area contributed by atoms with Gasteiger partial charge in [-0.15, -0.1) is 0 Å². The van der Waals surface area contributed by atoms with Crippen LogP contribution in [-0.2, 0) is 26.1 Å². The van der Waals surface area contributed by atoms with E-state index in [1.54, 1.807) is 22.1 Å². The van der Waals surface area contributed by atoms with Crippen molar-refractivity contribution in [2.75, 3.05) is 31.4 Å². The predicted octanol–water partition coefficient (Wildman–Crippen LogP) is 6.98. The summed E-state index contributed by atoms with van der Waals surface area (Å²) in [7, 11) is -2.11. The topological polar surface area (TPSA) is 92.8 Å². The maximum Gasteiger partial charge on any atom is 0.328 e. The maximum atomic E-state index is 13.6. The Morgan fingerprint density at radius 1 is 1.07 bits per heavy atom. The highest BCUT2D eigenvalue weighted by Crippen LogP contribution is 2.30. The number of unbranched alkanes of at least 4 members (excludes halogenated alkanes) is 1. The van der Waals surface area contributed by atoms with E-state index in [2.05, 4.69) is 5.32 Å². The zero-order valence-corrected chi connectivity index (χ0v) is 28.0. The van der Waals surface area contributed by atoms with Crippen molar-refractivity contribution in [3.63, 3.8) is 0 Å². The Bertz CT molecular complexity index is 1290. The smallest absolute Gasteiger partial charge is 0.328 e. The Kier molecular flexibility index (Phi) is 14.6. The molecular formula is C34H50N2O5S2. The normalized spacial score (nSPS) is 14.9. The van der Waals surface area contributed by atoms with Crippen molar-refractivity contribution >= 4 is 33.7 Å². The maximum absolute atomic E-state index is 13.6. The fourth-order valence-electron chi connectivity index (χ4n) is 5.86. The molecule has 1 N–H and O–H groups in total. The number of benzene rings is 2. The second-order valence-electron chi connectivity index (χ2n) is 11.7. The molecule has 3 rings (SSSR count). The van der Waals surface area contributed by atoms with E-state index in [4.69, 9.17) is 4.74 Å². The zero-order chi connectivity index (χ0) is 31.2. The summed E-state index contributed by atoms with van der Waals surface area (Å²) in [5.74, 6) is 0.707. The number of amides is 1. The van der Waals surface area contributed by atoms with Gasteiger partial charge in [-0.05, 0) is 84.9 Å². The zero-order valence-electron chi connectivity index (χ0n) is 26.4. The fraction of sp³-hybridized carbons (Fsp3) is 0.588. The van der Waals surface area contributed by atoms with Crippen molar-refractivity contribution in [3.05, 3.63) is 59.2 Å². The highest BCUT2D eigenvalue weighted by molar-refractivity contribution is 7.98. The molecule has 1 fully saturated rings. The van der Waals surface area contributed by atoms with Gasteiger partial charge in [0.1, 0.15) is 6.04 Å². The molecule has 1 aliphatic rings. The van der Waals surface area contributed by atoms with Gasteiger partial charge in [-0.1, -0.05) is 75.8 Å². The number of hydrogen-bond donors (Lipinski definition) is 1. The molecule has 43 heavy (non-hydrogen) atoms. The molecule has 1 unspecified atom stereocenters. The molecule has 0 bridgehead atoms. The van der Waals surface area contributed by atoms with Gasteiger partial charge >= 0.3 is 5.97 Å². The van der Waals surface area contributed by atoms with Crippen LogP contribution in [0.15, 0.2) is 42.5 Å².